The second kappa shape index (κ2) is 7.41. The lowest BCUT2D eigenvalue weighted by Gasteiger charge is -2.19. The van der Waals surface area contributed by atoms with Crippen molar-refractivity contribution in [2.45, 2.75) is 52.6 Å². The maximum absolute atomic E-state index is 12.6. The van der Waals surface area contributed by atoms with Crippen molar-refractivity contribution >= 4 is 10.9 Å². The summed E-state index contributed by atoms with van der Waals surface area (Å²) in [5.41, 5.74) is 7.55. The van der Waals surface area contributed by atoms with Crippen molar-refractivity contribution in [2.75, 3.05) is 0 Å². The molecule has 1 heterocycles. The third-order valence-electron chi connectivity index (χ3n) is 4.28. The summed E-state index contributed by atoms with van der Waals surface area (Å²) in [6.45, 7) is 5.52. The van der Waals surface area contributed by atoms with Gasteiger partial charge in [0.2, 0.25) is 0 Å². The average molecular weight is 286 g/mol. The summed E-state index contributed by atoms with van der Waals surface area (Å²) in [5, 5.41) is 1.10. The average Bonchev–Trinajstić information content (AvgIpc) is 2.52. The zero-order chi connectivity index (χ0) is 15.2. The molecule has 0 aliphatic carbocycles. The zero-order valence-corrected chi connectivity index (χ0v) is 13.1. The van der Waals surface area contributed by atoms with Gasteiger partial charge in [-0.05, 0) is 29.9 Å². The second-order valence-corrected chi connectivity index (χ2v) is 5.76. The minimum absolute atomic E-state index is 0.0751. The van der Waals surface area contributed by atoms with Gasteiger partial charge in [0, 0.05) is 18.7 Å². The summed E-state index contributed by atoms with van der Waals surface area (Å²) in [6, 6.07) is 10.0. The monoisotopic (exact) mass is 286 g/mol. The van der Waals surface area contributed by atoms with Gasteiger partial charge in [-0.2, -0.15) is 0 Å². The Balaban J connectivity index is 2.45. The fourth-order valence-corrected chi connectivity index (χ4v) is 2.89. The number of aromatic nitrogens is 1. The van der Waals surface area contributed by atoms with Gasteiger partial charge in [-0.1, -0.05) is 51.3 Å². The first kappa shape index (κ1) is 15.8. The van der Waals surface area contributed by atoms with Crippen LogP contribution in [-0.2, 0) is 13.1 Å². The van der Waals surface area contributed by atoms with Crippen LogP contribution in [0.1, 0.15) is 45.1 Å². The molecule has 114 valence electrons. The summed E-state index contributed by atoms with van der Waals surface area (Å²) in [7, 11) is 0. The molecular formula is C18H26N2O. The largest absolute Gasteiger partial charge is 0.326 e. The van der Waals surface area contributed by atoms with Gasteiger partial charge in [-0.15, -0.1) is 0 Å². The lowest BCUT2D eigenvalue weighted by atomic mass is 9.98. The number of rotatable bonds is 7. The fraction of sp³-hybridized carbons (Fsp3) is 0.500. The van der Waals surface area contributed by atoms with E-state index in [4.69, 9.17) is 5.73 Å². The first-order chi connectivity index (χ1) is 10.2. The van der Waals surface area contributed by atoms with Gasteiger partial charge in [-0.25, -0.2) is 0 Å². The number of benzene rings is 1. The fourth-order valence-electron chi connectivity index (χ4n) is 2.89. The van der Waals surface area contributed by atoms with E-state index in [0.717, 1.165) is 23.9 Å². The van der Waals surface area contributed by atoms with Crippen LogP contribution in [0.2, 0.25) is 0 Å². The van der Waals surface area contributed by atoms with E-state index < -0.39 is 0 Å². The molecule has 1 unspecified atom stereocenters. The molecule has 1 atom stereocenters. The minimum atomic E-state index is 0.0751. The molecule has 0 amide bonds. The normalized spacial score (nSPS) is 12.7. The molecule has 0 spiro atoms. The highest BCUT2D eigenvalue weighted by Gasteiger charge is 2.12. The van der Waals surface area contributed by atoms with Gasteiger partial charge in [0.1, 0.15) is 0 Å². The molecule has 3 heteroatoms. The van der Waals surface area contributed by atoms with Gasteiger partial charge < -0.3 is 10.3 Å². The minimum Gasteiger partial charge on any atom is -0.326 e. The Morgan fingerprint density at radius 3 is 2.67 bits per heavy atom. The zero-order valence-electron chi connectivity index (χ0n) is 13.1. The van der Waals surface area contributed by atoms with Gasteiger partial charge in [-0.3, -0.25) is 4.79 Å². The summed E-state index contributed by atoms with van der Waals surface area (Å²) in [5.74, 6) is 0.555. The lowest BCUT2D eigenvalue weighted by molar-refractivity contribution is 0.390. The SMILES string of the molecule is CCCCC(CC)Cn1c(=O)c(CN)cc2ccccc21. The van der Waals surface area contributed by atoms with Crippen molar-refractivity contribution in [3.63, 3.8) is 0 Å². The van der Waals surface area contributed by atoms with Crippen LogP contribution >= 0.6 is 0 Å². The second-order valence-electron chi connectivity index (χ2n) is 5.76. The molecular weight excluding hydrogens is 260 g/mol. The summed E-state index contributed by atoms with van der Waals surface area (Å²) < 4.78 is 1.93. The van der Waals surface area contributed by atoms with Gasteiger partial charge in [0.05, 0.1) is 5.52 Å². The molecule has 1 aromatic carbocycles. The van der Waals surface area contributed by atoms with E-state index in [1.807, 2.05) is 28.8 Å². The predicted octanol–water partition coefficient (Wildman–Crippen LogP) is 3.68. The standard InChI is InChI=1S/C18H26N2O/c1-3-5-8-14(4-2)13-20-17-10-7-6-9-15(17)11-16(12-19)18(20)21/h6-7,9-11,14H,3-5,8,12-13,19H2,1-2H3. The molecule has 3 nitrogen and oxygen atoms in total. The molecule has 21 heavy (non-hydrogen) atoms. The molecule has 1 aromatic heterocycles. The van der Waals surface area contributed by atoms with Gasteiger partial charge >= 0.3 is 0 Å². The first-order valence-corrected chi connectivity index (χ1v) is 8.02. The predicted molar refractivity (Wildman–Crippen MR) is 89.4 cm³/mol. The molecule has 0 aliphatic heterocycles. The number of para-hydroxylation sites is 1. The molecule has 0 fully saturated rings. The van der Waals surface area contributed by atoms with Crippen LogP contribution in [0.15, 0.2) is 35.1 Å². The van der Waals surface area contributed by atoms with Crippen LogP contribution in [0.5, 0.6) is 0 Å². The van der Waals surface area contributed by atoms with E-state index in [0.29, 0.717) is 18.0 Å². The van der Waals surface area contributed by atoms with Gasteiger partial charge in [0.15, 0.2) is 0 Å². The van der Waals surface area contributed by atoms with Crippen LogP contribution in [-0.4, -0.2) is 4.57 Å². The third kappa shape index (κ3) is 3.53. The van der Waals surface area contributed by atoms with E-state index >= 15 is 0 Å². The highest BCUT2D eigenvalue weighted by molar-refractivity contribution is 5.79. The van der Waals surface area contributed by atoms with Gasteiger partial charge in [0.25, 0.3) is 5.56 Å². The Morgan fingerprint density at radius 2 is 2.00 bits per heavy atom. The van der Waals surface area contributed by atoms with Crippen molar-refractivity contribution in [1.29, 1.82) is 0 Å². The van der Waals surface area contributed by atoms with E-state index in [-0.39, 0.29) is 5.56 Å². The number of fused-ring (bicyclic) bond motifs is 1. The van der Waals surface area contributed by atoms with Crippen LogP contribution in [0, 0.1) is 5.92 Å². The van der Waals surface area contributed by atoms with E-state index in [1.165, 1.54) is 19.3 Å². The molecule has 0 bridgehead atoms. The number of hydrogen-bond donors (Lipinski definition) is 1. The van der Waals surface area contributed by atoms with Crippen LogP contribution in [0.25, 0.3) is 10.9 Å². The van der Waals surface area contributed by atoms with Crippen molar-refractivity contribution < 1.29 is 0 Å². The molecule has 2 N–H and O–H groups in total. The third-order valence-corrected chi connectivity index (χ3v) is 4.28. The molecule has 0 saturated carbocycles. The lowest BCUT2D eigenvalue weighted by Crippen LogP contribution is -2.28. The summed E-state index contributed by atoms with van der Waals surface area (Å²) in [6.07, 6.45) is 4.71. The van der Waals surface area contributed by atoms with Crippen molar-refractivity contribution in [3.8, 4) is 0 Å². The number of pyridine rings is 1. The maximum Gasteiger partial charge on any atom is 0.255 e. The van der Waals surface area contributed by atoms with Crippen LogP contribution < -0.4 is 11.3 Å². The highest BCUT2D eigenvalue weighted by Crippen LogP contribution is 2.19. The van der Waals surface area contributed by atoms with E-state index in [1.54, 1.807) is 0 Å². The van der Waals surface area contributed by atoms with Crippen LogP contribution in [0.3, 0.4) is 0 Å². The van der Waals surface area contributed by atoms with E-state index in [2.05, 4.69) is 19.9 Å². The summed E-state index contributed by atoms with van der Waals surface area (Å²) >= 11 is 0. The number of hydrogen-bond acceptors (Lipinski definition) is 2. The van der Waals surface area contributed by atoms with Crippen LogP contribution in [0.4, 0.5) is 0 Å². The molecule has 0 radical (unpaired) electrons. The number of nitrogens with two attached hydrogens (primary N) is 1. The van der Waals surface area contributed by atoms with E-state index in [9.17, 15) is 4.79 Å². The first-order valence-electron chi connectivity index (χ1n) is 8.02. The quantitative estimate of drug-likeness (QED) is 0.844. The summed E-state index contributed by atoms with van der Waals surface area (Å²) in [4.78, 5) is 12.6. The number of unbranched alkanes of at least 4 members (excludes halogenated alkanes) is 1. The Morgan fingerprint density at radius 1 is 1.24 bits per heavy atom. The molecule has 2 rings (SSSR count). The number of nitrogens with zero attached hydrogens (tertiary/aromatic N) is 1. The Kier molecular flexibility index (Phi) is 5.57. The molecule has 2 aromatic rings. The Bertz CT molecular complexity index is 645. The van der Waals surface area contributed by atoms with Crippen molar-refractivity contribution in [2.24, 2.45) is 11.7 Å². The van der Waals surface area contributed by atoms with Crippen molar-refractivity contribution in [1.82, 2.24) is 4.57 Å². The maximum atomic E-state index is 12.6. The highest BCUT2D eigenvalue weighted by atomic mass is 16.1. The molecule has 0 saturated heterocycles. The smallest absolute Gasteiger partial charge is 0.255 e. The topological polar surface area (TPSA) is 48.0 Å². The Hall–Kier alpha value is -1.61. The molecule has 0 aliphatic rings. The van der Waals surface area contributed by atoms with Crippen molar-refractivity contribution in [3.05, 3.63) is 46.2 Å². The Labute approximate surface area is 126 Å².